The van der Waals surface area contributed by atoms with Crippen LogP contribution in [0, 0.1) is 0 Å². The summed E-state index contributed by atoms with van der Waals surface area (Å²) < 4.78 is 7.04. The normalized spacial score (nSPS) is 10.8. The minimum atomic E-state index is 0.882. The molecule has 0 amide bonds. The van der Waals surface area contributed by atoms with Gasteiger partial charge in [0.25, 0.3) is 0 Å². The van der Waals surface area contributed by atoms with Gasteiger partial charge in [0.05, 0.1) is 12.8 Å². The van der Waals surface area contributed by atoms with Gasteiger partial charge in [-0.25, -0.2) is 0 Å². The average molecular weight is 273 g/mol. The number of hydrogen-bond acceptors (Lipinski definition) is 3. The van der Waals surface area contributed by atoms with Crippen LogP contribution in [0.5, 0.6) is 5.75 Å². The van der Waals surface area contributed by atoms with Crippen molar-refractivity contribution in [2.45, 2.75) is 26.3 Å². The molecule has 2 aromatic rings. The van der Waals surface area contributed by atoms with Gasteiger partial charge < -0.3 is 10.1 Å². The van der Waals surface area contributed by atoms with Crippen LogP contribution in [0.25, 0.3) is 0 Å². The topological polar surface area (TPSA) is 39.1 Å². The van der Waals surface area contributed by atoms with Crippen LogP contribution in [0.4, 0.5) is 0 Å². The Morgan fingerprint density at radius 1 is 1.25 bits per heavy atom. The second-order valence-corrected chi connectivity index (χ2v) is 4.90. The molecule has 0 saturated carbocycles. The maximum absolute atomic E-state index is 5.16. The smallest absolute Gasteiger partial charge is 0.118 e. The Morgan fingerprint density at radius 3 is 2.65 bits per heavy atom. The van der Waals surface area contributed by atoms with Crippen molar-refractivity contribution in [2.75, 3.05) is 13.7 Å². The van der Waals surface area contributed by atoms with Gasteiger partial charge in [0.2, 0.25) is 0 Å². The Balaban J connectivity index is 1.78. The number of nitrogens with one attached hydrogen (secondary N) is 1. The van der Waals surface area contributed by atoms with Crippen LogP contribution in [0.3, 0.4) is 0 Å². The first-order chi connectivity index (χ1) is 9.72. The summed E-state index contributed by atoms with van der Waals surface area (Å²) in [5.74, 6) is 0.907. The quantitative estimate of drug-likeness (QED) is 0.787. The number of benzene rings is 1. The van der Waals surface area contributed by atoms with Crippen molar-refractivity contribution in [3.63, 3.8) is 0 Å². The highest BCUT2D eigenvalue weighted by Crippen LogP contribution is 2.11. The van der Waals surface area contributed by atoms with Crippen molar-refractivity contribution < 1.29 is 4.74 Å². The SMILES string of the molecule is CCc1nn(C)cc1CNCCc1ccc(OC)cc1. The Bertz CT molecular complexity index is 531. The molecule has 1 heterocycles. The van der Waals surface area contributed by atoms with E-state index in [0.717, 1.165) is 31.7 Å². The number of aromatic nitrogens is 2. The zero-order chi connectivity index (χ0) is 14.4. The van der Waals surface area contributed by atoms with Crippen LogP contribution in [-0.2, 0) is 26.4 Å². The summed E-state index contributed by atoms with van der Waals surface area (Å²) in [6, 6.07) is 8.24. The predicted octanol–water partition coefficient (Wildman–Crippen LogP) is 2.32. The van der Waals surface area contributed by atoms with E-state index in [1.807, 2.05) is 23.9 Å². The predicted molar refractivity (Wildman–Crippen MR) is 81.0 cm³/mol. The van der Waals surface area contributed by atoms with Crippen molar-refractivity contribution in [1.29, 1.82) is 0 Å². The lowest BCUT2D eigenvalue weighted by Gasteiger charge is -2.06. The molecule has 0 unspecified atom stereocenters. The van der Waals surface area contributed by atoms with E-state index < -0.39 is 0 Å². The molecule has 0 saturated heterocycles. The molecular weight excluding hydrogens is 250 g/mol. The van der Waals surface area contributed by atoms with Crippen LogP contribution < -0.4 is 10.1 Å². The molecule has 4 nitrogen and oxygen atoms in total. The number of ether oxygens (including phenoxy) is 1. The van der Waals surface area contributed by atoms with E-state index in [2.05, 4.69) is 35.7 Å². The molecule has 0 aliphatic heterocycles. The first-order valence-electron chi connectivity index (χ1n) is 7.08. The third kappa shape index (κ3) is 3.84. The van der Waals surface area contributed by atoms with E-state index in [9.17, 15) is 0 Å². The zero-order valence-corrected chi connectivity index (χ0v) is 12.5. The van der Waals surface area contributed by atoms with Gasteiger partial charge >= 0.3 is 0 Å². The van der Waals surface area contributed by atoms with E-state index in [0.29, 0.717) is 0 Å². The lowest BCUT2D eigenvalue weighted by molar-refractivity contribution is 0.414. The van der Waals surface area contributed by atoms with Gasteiger partial charge in [-0.3, -0.25) is 4.68 Å². The summed E-state index contributed by atoms with van der Waals surface area (Å²) in [6.45, 7) is 3.99. The van der Waals surface area contributed by atoms with Gasteiger partial charge in [0.15, 0.2) is 0 Å². The molecule has 108 valence electrons. The van der Waals surface area contributed by atoms with Crippen LogP contribution in [0.1, 0.15) is 23.7 Å². The second kappa shape index (κ2) is 7.10. The minimum Gasteiger partial charge on any atom is -0.497 e. The highest BCUT2D eigenvalue weighted by molar-refractivity contribution is 5.27. The average Bonchev–Trinajstić information content (AvgIpc) is 2.84. The highest BCUT2D eigenvalue weighted by atomic mass is 16.5. The maximum atomic E-state index is 5.16. The summed E-state index contributed by atoms with van der Waals surface area (Å²) in [4.78, 5) is 0. The van der Waals surface area contributed by atoms with E-state index in [-0.39, 0.29) is 0 Å². The molecule has 0 aliphatic carbocycles. The third-order valence-corrected chi connectivity index (χ3v) is 3.39. The van der Waals surface area contributed by atoms with Crippen molar-refractivity contribution in [3.8, 4) is 5.75 Å². The van der Waals surface area contributed by atoms with E-state index >= 15 is 0 Å². The maximum Gasteiger partial charge on any atom is 0.118 e. The molecule has 4 heteroatoms. The first kappa shape index (κ1) is 14.6. The van der Waals surface area contributed by atoms with Gasteiger partial charge in [0.1, 0.15) is 5.75 Å². The molecule has 0 fully saturated rings. The van der Waals surface area contributed by atoms with Crippen molar-refractivity contribution >= 4 is 0 Å². The van der Waals surface area contributed by atoms with Crippen LogP contribution in [0.2, 0.25) is 0 Å². The highest BCUT2D eigenvalue weighted by Gasteiger charge is 2.04. The van der Waals surface area contributed by atoms with Gasteiger partial charge in [-0.15, -0.1) is 0 Å². The Hall–Kier alpha value is -1.81. The number of rotatable bonds is 7. The standard InChI is InChI=1S/C16H23N3O/c1-4-16-14(12-19(2)18-16)11-17-10-9-13-5-7-15(20-3)8-6-13/h5-8,12,17H,4,9-11H2,1-3H3. The van der Waals surface area contributed by atoms with Crippen molar-refractivity contribution in [1.82, 2.24) is 15.1 Å². The number of nitrogens with zero attached hydrogens (tertiary/aromatic N) is 2. The minimum absolute atomic E-state index is 0.882. The largest absolute Gasteiger partial charge is 0.497 e. The van der Waals surface area contributed by atoms with Crippen LogP contribution >= 0.6 is 0 Å². The summed E-state index contributed by atoms with van der Waals surface area (Å²) in [5, 5.41) is 7.93. The summed E-state index contributed by atoms with van der Waals surface area (Å²) in [5.41, 5.74) is 3.80. The fourth-order valence-corrected chi connectivity index (χ4v) is 2.28. The fraction of sp³-hybridized carbons (Fsp3) is 0.438. The third-order valence-electron chi connectivity index (χ3n) is 3.39. The molecule has 1 aromatic carbocycles. The molecule has 2 rings (SSSR count). The monoisotopic (exact) mass is 273 g/mol. The molecule has 1 N–H and O–H groups in total. The van der Waals surface area contributed by atoms with Gasteiger partial charge in [0, 0.05) is 25.4 Å². The van der Waals surface area contributed by atoms with Gasteiger partial charge in [-0.05, 0) is 37.1 Å². The van der Waals surface area contributed by atoms with E-state index in [1.54, 1.807) is 7.11 Å². The second-order valence-electron chi connectivity index (χ2n) is 4.90. The zero-order valence-electron chi connectivity index (χ0n) is 12.5. The van der Waals surface area contributed by atoms with Gasteiger partial charge in [-0.1, -0.05) is 19.1 Å². The van der Waals surface area contributed by atoms with Crippen molar-refractivity contribution in [3.05, 3.63) is 47.3 Å². The Morgan fingerprint density at radius 2 is 2.00 bits per heavy atom. The molecular formula is C16H23N3O. The molecule has 0 atom stereocenters. The molecule has 0 bridgehead atoms. The molecule has 20 heavy (non-hydrogen) atoms. The number of aryl methyl sites for hydroxylation is 2. The summed E-state index contributed by atoms with van der Waals surface area (Å²) in [6.07, 6.45) is 4.10. The molecule has 0 radical (unpaired) electrons. The number of methoxy groups -OCH3 is 1. The fourth-order valence-electron chi connectivity index (χ4n) is 2.28. The first-order valence-corrected chi connectivity index (χ1v) is 7.08. The van der Waals surface area contributed by atoms with Crippen LogP contribution in [-0.4, -0.2) is 23.4 Å². The van der Waals surface area contributed by atoms with Crippen LogP contribution in [0.15, 0.2) is 30.5 Å². The Labute approximate surface area is 120 Å². The lowest BCUT2D eigenvalue weighted by atomic mass is 10.1. The van der Waals surface area contributed by atoms with Crippen molar-refractivity contribution in [2.24, 2.45) is 7.05 Å². The Kier molecular flexibility index (Phi) is 5.18. The number of hydrogen-bond donors (Lipinski definition) is 1. The molecule has 1 aromatic heterocycles. The molecule has 0 aliphatic rings. The van der Waals surface area contributed by atoms with Gasteiger partial charge in [-0.2, -0.15) is 5.10 Å². The summed E-state index contributed by atoms with van der Waals surface area (Å²) in [7, 11) is 3.66. The lowest BCUT2D eigenvalue weighted by Crippen LogP contribution is -2.17. The molecule has 0 spiro atoms. The van der Waals surface area contributed by atoms with E-state index in [4.69, 9.17) is 4.74 Å². The summed E-state index contributed by atoms with van der Waals surface area (Å²) >= 11 is 0. The van der Waals surface area contributed by atoms with E-state index in [1.165, 1.54) is 16.8 Å².